The van der Waals surface area contributed by atoms with Crippen LogP contribution in [-0.2, 0) is 26.1 Å². The van der Waals surface area contributed by atoms with Crippen LogP contribution in [0.5, 0.6) is 5.75 Å². The minimum absolute atomic E-state index is 0.0296. The van der Waals surface area contributed by atoms with Crippen LogP contribution in [0.25, 0.3) is 0 Å². The minimum atomic E-state index is -3.97. The Balaban J connectivity index is 1.75. The molecular formula is C24H30N2O6S. The summed E-state index contributed by atoms with van der Waals surface area (Å²) in [5, 5.41) is 0. The van der Waals surface area contributed by atoms with Crippen molar-refractivity contribution in [3.8, 4) is 5.75 Å². The molecule has 1 heterocycles. The molecule has 1 aliphatic heterocycles. The summed E-state index contributed by atoms with van der Waals surface area (Å²) < 4.78 is 38.1. The lowest BCUT2D eigenvalue weighted by molar-refractivity contribution is -0.137. The first kappa shape index (κ1) is 24.7. The van der Waals surface area contributed by atoms with E-state index in [9.17, 15) is 18.0 Å². The van der Waals surface area contributed by atoms with Crippen LogP contribution in [-0.4, -0.2) is 62.9 Å². The number of esters is 1. The van der Waals surface area contributed by atoms with Gasteiger partial charge in [0.05, 0.1) is 12.7 Å². The number of hydrogen-bond acceptors (Lipinski definition) is 6. The Morgan fingerprint density at radius 1 is 1.12 bits per heavy atom. The third kappa shape index (κ3) is 5.91. The van der Waals surface area contributed by atoms with Crippen molar-refractivity contribution in [2.24, 2.45) is 0 Å². The summed E-state index contributed by atoms with van der Waals surface area (Å²) in [7, 11) is -1.14. The summed E-state index contributed by atoms with van der Waals surface area (Å²) in [6.45, 7) is 2.40. The molecule has 8 nitrogen and oxygen atoms in total. The molecule has 33 heavy (non-hydrogen) atoms. The van der Waals surface area contributed by atoms with Crippen molar-refractivity contribution in [1.82, 2.24) is 9.21 Å². The first-order valence-electron chi connectivity index (χ1n) is 10.9. The molecule has 1 atom stereocenters. The van der Waals surface area contributed by atoms with Gasteiger partial charge >= 0.3 is 5.97 Å². The number of hydrogen-bond donors (Lipinski definition) is 0. The van der Waals surface area contributed by atoms with Crippen LogP contribution in [0.3, 0.4) is 0 Å². The average Bonchev–Trinajstić information content (AvgIpc) is 2.82. The minimum Gasteiger partial charge on any atom is -0.495 e. The van der Waals surface area contributed by atoms with Crippen molar-refractivity contribution < 1.29 is 27.5 Å². The topological polar surface area (TPSA) is 93.2 Å². The Hall–Kier alpha value is -2.91. The van der Waals surface area contributed by atoms with E-state index in [1.54, 1.807) is 4.90 Å². The molecule has 1 unspecified atom stereocenters. The fraction of sp³-hybridized carbons (Fsp3) is 0.417. The van der Waals surface area contributed by atoms with Gasteiger partial charge in [-0.05, 0) is 49.9 Å². The van der Waals surface area contributed by atoms with Crippen LogP contribution in [0.4, 0.5) is 0 Å². The average molecular weight is 475 g/mol. The van der Waals surface area contributed by atoms with Crippen LogP contribution >= 0.6 is 0 Å². The maximum atomic E-state index is 13.2. The second kappa shape index (κ2) is 10.8. The van der Waals surface area contributed by atoms with E-state index in [0.717, 1.165) is 24.8 Å². The van der Waals surface area contributed by atoms with Gasteiger partial charge in [0.25, 0.3) is 5.91 Å². The summed E-state index contributed by atoms with van der Waals surface area (Å²) in [4.78, 5) is 26.6. The summed E-state index contributed by atoms with van der Waals surface area (Å²) >= 11 is 0. The number of rotatable bonds is 8. The number of benzene rings is 2. The predicted molar refractivity (Wildman–Crippen MR) is 123 cm³/mol. The van der Waals surface area contributed by atoms with E-state index in [4.69, 9.17) is 9.47 Å². The highest BCUT2D eigenvalue weighted by Gasteiger charge is 2.28. The second-order valence-electron chi connectivity index (χ2n) is 8.12. The Kier molecular flexibility index (Phi) is 8.10. The molecule has 0 radical (unpaired) electrons. The number of ether oxygens (including phenoxy) is 2. The Bertz CT molecular complexity index is 1090. The van der Waals surface area contributed by atoms with Gasteiger partial charge in [-0.1, -0.05) is 30.3 Å². The van der Waals surface area contributed by atoms with Gasteiger partial charge in [0.1, 0.15) is 10.6 Å². The number of methoxy groups -OCH3 is 1. The number of likely N-dealkylation sites (tertiary alicyclic amines) is 1. The van der Waals surface area contributed by atoms with Crippen molar-refractivity contribution in [3.63, 3.8) is 0 Å². The van der Waals surface area contributed by atoms with Crippen LogP contribution in [0, 0.1) is 0 Å². The molecule has 1 saturated heterocycles. The van der Waals surface area contributed by atoms with Gasteiger partial charge in [-0.2, -0.15) is 4.31 Å². The van der Waals surface area contributed by atoms with E-state index in [0.29, 0.717) is 6.54 Å². The lowest BCUT2D eigenvalue weighted by Gasteiger charge is -2.33. The number of carbonyl (C=O) groups is 2. The zero-order valence-electron chi connectivity index (χ0n) is 19.2. The molecule has 2 aromatic rings. The molecule has 0 N–H and O–H groups in total. The van der Waals surface area contributed by atoms with Crippen molar-refractivity contribution in [3.05, 3.63) is 59.7 Å². The number of sulfonamides is 1. The van der Waals surface area contributed by atoms with Gasteiger partial charge in [-0.3, -0.25) is 4.79 Å². The molecular weight excluding hydrogens is 444 g/mol. The molecule has 2 aromatic carbocycles. The van der Waals surface area contributed by atoms with Crippen molar-refractivity contribution >= 4 is 21.9 Å². The van der Waals surface area contributed by atoms with Gasteiger partial charge in [-0.15, -0.1) is 0 Å². The highest BCUT2D eigenvalue weighted by atomic mass is 32.2. The molecule has 0 saturated carbocycles. The molecule has 3 rings (SSSR count). The molecule has 0 aliphatic carbocycles. The zero-order chi connectivity index (χ0) is 24.0. The molecule has 9 heteroatoms. The second-order valence-corrected chi connectivity index (χ2v) is 10.1. The molecule has 0 bridgehead atoms. The quantitative estimate of drug-likeness (QED) is 0.546. The van der Waals surface area contributed by atoms with Gasteiger partial charge < -0.3 is 14.4 Å². The van der Waals surface area contributed by atoms with E-state index < -0.39 is 16.0 Å². The molecule has 1 amide bonds. The van der Waals surface area contributed by atoms with E-state index in [-0.39, 0.29) is 41.3 Å². The van der Waals surface area contributed by atoms with E-state index in [1.807, 2.05) is 37.3 Å². The lowest BCUT2D eigenvalue weighted by atomic mass is 10.0. The summed E-state index contributed by atoms with van der Waals surface area (Å²) in [5.41, 5.74) is 0.852. The summed E-state index contributed by atoms with van der Waals surface area (Å²) in [6, 6.07) is 13.4. The van der Waals surface area contributed by atoms with Crippen LogP contribution in [0.2, 0.25) is 0 Å². The van der Waals surface area contributed by atoms with Crippen molar-refractivity contribution in [1.29, 1.82) is 0 Å². The lowest BCUT2D eigenvalue weighted by Crippen LogP contribution is -2.44. The molecule has 178 valence electrons. The Labute approximate surface area is 195 Å². The smallest absolute Gasteiger partial charge is 0.338 e. The summed E-state index contributed by atoms with van der Waals surface area (Å²) in [5.74, 6) is -0.901. The van der Waals surface area contributed by atoms with E-state index in [1.165, 1.54) is 36.7 Å². The third-order valence-electron chi connectivity index (χ3n) is 5.79. The largest absolute Gasteiger partial charge is 0.495 e. The zero-order valence-corrected chi connectivity index (χ0v) is 20.0. The van der Waals surface area contributed by atoms with Gasteiger partial charge in [0.2, 0.25) is 10.0 Å². The van der Waals surface area contributed by atoms with Gasteiger partial charge in [-0.25, -0.2) is 13.2 Å². The normalized spacial score (nSPS) is 16.5. The molecule has 0 aromatic heterocycles. The van der Waals surface area contributed by atoms with Crippen molar-refractivity contribution in [2.75, 3.05) is 27.3 Å². The maximum Gasteiger partial charge on any atom is 0.338 e. The maximum absolute atomic E-state index is 13.2. The van der Waals surface area contributed by atoms with E-state index in [2.05, 4.69) is 0 Å². The number of piperidine rings is 1. The number of carbonyl (C=O) groups excluding carboxylic acids is 2. The molecule has 1 aliphatic rings. The molecule has 0 spiro atoms. The van der Waals surface area contributed by atoms with E-state index >= 15 is 0 Å². The van der Waals surface area contributed by atoms with Crippen LogP contribution in [0.15, 0.2) is 53.4 Å². The van der Waals surface area contributed by atoms with Gasteiger partial charge in [0.15, 0.2) is 6.61 Å². The van der Waals surface area contributed by atoms with Gasteiger partial charge in [0, 0.05) is 26.2 Å². The number of nitrogens with zero attached hydrogens (tertiary/aromatic N) is 2. The Morgan fingerprint density at radius 3 is 2.52 bits per heavy atom. The fourth-order valence-electron chi connectivity index (χ4n) is 3.86. The predicted octanol–water partition coefficient (Wildman–Crippen LogP) is 3.07. The highest BCUT2D eigenvalue weighted by Crippen LogP contribution is 2.28. The first-order chi connectivity index (χ1) is 15.7. The van der Waals surface area contributed by atoms with Crippen molar-refractivity contribution in [2.45, 2.75) is 43.7 Å². The summed E-state index contributed by atoms with van der Waals surface area (Å²) in [6.07, 6.45) is 2.93. The number of amides is 1. The van der Waals surface area contributed by atoms with Crippen LogP contribution < -0.4 is 4.74 Å². The standard InChI is InChI=1S/C24H30N2O6S/c1-18-9-7-8-14-26(18)23(27)17-32-24(28)20-12-13-21(31-3)22(15-20)33(29,30)25(2)16-19-10-5-4-6-11-19/h4-6,10-13,15,18H,7-9,14,16-17H2,1-3H3. The van der Waals surface area contributed by atoms with Crippen LogP contribution in [0.1, 0.15) is 42.1 Å². The third-order valence-corrected chi connectivity index (χ3v) is 7.61. The monoisotopic (exact) mass is 474 g/mol. The highest BCUT2D eigenvalue weighted by molar-refractivity contribution is 7.89. The molecule has 1 fully saturated rings. The first-order valence-corrected chi connectivity index (χ1v) is 12.3. The fourth-order valence-corrected chi connectivity index (χ4v) is 5.20. The Morgan fingerprint density at radius 2 is 1.85 bits per heavy atom. The SMILES string of the molecule is COc1ccc(C(=O)OCC(=O)N2CCCCC2C)cc1S(=O)(=O)N(C)Cc1ccccc1.